The van der Waals surface area contributed by atoms with E-state index in [1.165, 1.54) is 10.6 Å². The Kier molecular flexibility index (Phi) is 6.36. The molecule has 0 aliphatic heterocycles. The maximum absolute atomic E-state index is 12.8. The summed E-state index contributed by atoms with van der Waals surface area (Å²) in [6, 6.07) is 14.2. The number of benzene rings is 2. The number of allylic oxidation sites excluding steroid dienone is 2. The zero-order chi connectivity index (χ0) is 21.9. The Morgan fingerprint density at radius 3 is 2.33 bits per heavy atom. The molecule has 1 aliphatic carbocycles. The van der Waals surface area contributed by atoms with E-state index in [-0.39, 0.29) is 5.92 Å². The van der Waals surface area contributed by atoms with Gasteiger partial charge in [0, 0.05) is 5.92 Å². The van der Waals surface area contributed by atoms with Gasteiger partial charge in [-0.15, -0.1) is 0 Å². The highest BCUT2D eigenvalue weighted by Gasteiger charge is 2.25. The molecule has 0 saturated heterocycles. The minimum atomic E-state index is -3.63. The molecule has 0 heterocycles. The van der Waals surface area contributed by atoms with E-state index in [0.29, 0.717) is 16.9 Å². The second-order valence-electron chi connectivity index (χ2n) is 8.64. The number of esters is 1. The van der Waals surface area contributed by atoms with Gasteiger partial charge < -0.3 is 4.74 Å². The molecule has 1 unspecified atom stereocenters. The molecule has 2 aromatic rings. The number of hydrogen-bond donors (Lipinski definition) is 0. The molecule has 30 heavy (non-hydrogen) atoms. The first-order valence-electron chi connectivity index (χ1n) is 10.1. The van der Waals surface area contributed by atoms with Crippen LogP contribution >= 0.6 is 0 Å². The number of carbonyl (C=O) groups is 1. The van der Waals surface area contributed by atoms with Crippen LogP contribution in [0.3, 0.4) is 0 Å². The van der Waals surface area contributed by atoms with Crippen molar-refractivity contribution in [3.05, 3.63) is 71.8 Å². The number of hydrogen-bond acceptors (Lipinski definition) is 4. The summed E-state index contributed by atoms with van der Waals surface area (Å²) in [7, 11) is -3.63. The highest BCUT2D eigenvalue weighted by Crippen LogP contribution is 2.35. The summed E-state index contributed by atoms with van der Waals surface area (Å²) in [4.78, 5) is 12.8. The fourth-order valence-corrected chi connectivity index (χ4v) is 4.60. The van der Waals surface area contributed by atoms with Crippen molar-refractivity contribution in [1.82, 2.24) is 0 Å². The summed E-state index contributed by atoms with van der Waals surface area (Å²) in [6.07, 6.45) is 8.49. The van der Waals surface area contributed by atoms with Crippen molar-refractivity contribution in [2.24, 2.45) is 0 Å². The van der Waals surface area contributed by atoms with E-state index in [1.54, 1.807) is 30.3 Å². The Hall–Kier alpha value is -2.60. The summed E-state index contributed by atoms with van der Waals surface area (Å²) in [5.74, 6) is -0.330. The van der Waals surface area contributed by atoms with Crippen molar-refractivity contribution in [1.29, 1.82) is 0 Å². The molecular weight excluding hydrogens is 398 g/mol. The highest BCUT2D eigenvalue weighted by atomic mass is 32.2. The maximum Gasteiger partial charge on any atom is 0.338 e. The first kappa shape index (κ1) is 22.1. The van der Waals surface area contributed by atoms with Crippen molar-refractivity contribution < 1.29 is 17.9 Å². The number of anilines is 2. The van der Waals surface area contributed by atoms with E-state index in [0.717, 1.165) is 24.8 Å². The van der Waals surface area contributed by atoms with Crippen LogP contribution < -0.4 is 4.31 Å². The van der Waals surface area contributed by atoms with E-state index in [2.05, 4.69) is 12.2 Å². The Balaban J connectivity index is 2.16. The van der Waals surface area contributed by atoms with E-state index in [1.807, 2.05) is 39.0 Å². The molecule has 0 N–H and O–H groups in total. The lowest BCUT2D eigenvalue weighted by molar-refractivity contribution is 0.00694. The second kappa shape index (κ2) is 8.64. The third-order valence-electron chi connectivity index (χ3n) is 4.81. The first-order valence-corrected chi connectivity index (χ1v) is 12.0. The zero-order valence-electron chi connectivity index (χ0n) is 18.0. The first-order chi connectivity index (χ1) is 14.0. The van der Waals surface area contributed by atoms with Gasteiger partial charge in [0.1, 0.15) is 5.60 Å². The molecule has 0 aromatic heterocycles. The van der Waals surface area contributed by atoms with Crippen LogP contribution in [0.4, 0.5) is 11.4 Å². The van der Waals surface area contributed by atoms with Gasteiger partial charge in [0.2, 0.25) is 10.0 Å². The molecule has 2 aromatic carbocycles. The molecule has 0 saturated carbocycles. The number of para-hydroxylation sites is 1. The van der Waals surface area contributed by atoms with E-state index < -0.39 is 21.6 Å². The SMILES string of the molecule is CC(C)(C)OC(=O)c1cc(C2C=CCCC2)cc(N(c2ccccc2)S(C)(=O)=O)c1. The van der Waals surface area contributed by atoms with Crippen molar-refractivity contribution >= 4 is 27.4 Å². The van der Waals surface area contributed by atoms with Crippen molar-refractivity contribution in [2.45, 2.75) is 51.6 Å². The third-order valence-corrected chi connectivity index (χ3v) is 5.90. The Labute approximate surface area is 179 Å². The number of rotatable bonds is 5. The molecule has 1 atom stereocenters. The van der Waals surface area contributed by atoms with Crippen LogP contribution in [0.2, 0.25) is 0 Å². The average Bonchev–Trinajstić information content (AvgIpc) is 2.67. The van der Waals surface area contributed by atoms with E-state index >= 15 is 0 Å². The molecule has 6 heteroatoms. The fourth-order valence-electron chi connectivity index (χ4n) is 3.61. The van der Waals surface area contributed by atoms with Gasteiger partial charge in [-0.1, -0.05) is 30.4 Å². The van der Waals surface area contributed by atoms with Gasteiger partial charge in [-0.25, -0.2) is 17.5 Å². The Morgan fingerprint density at radius 1 is 1.07 bits per heavy atom. The summed E-state index contributed by atoms with van der Waals surface area (Å²) in [6.45, 7) is 5.44. The van der Waals surface area contributed by atoms with Crippen LogP contribution in [-0.4, -0.2) is 26.2 Å². The zero-order valence-corrected chi connectivity index (χ0v) is 18.8. The molecule has 160 valence electrons. The second-order valence-corrected chi connectivity index (χ2v) is 10.5. The van der Waals surface area contributed by atoms with Crippen LogP contribution in [0.1, 0.15) is 61.9 Å². The normalized spacial score (nSPS) is 16.9. The highest BCUT2D eigenvalue weighted by molar-refractivity contribution is 7.92. The van der Waals surface area contributed by atoms with Gasteiger partial charge in [0.05, 0.1) is 23.2 Å². The molecule has 0 amide bonds. The Bertz CT molecular complexity index is 1040. The van der Waals surface area contributed by atoms with Gasteiger partial charge in [-0.05, 0) is 75.9 Å². The summed E-state index contributed by atoms with van der Waals surface area (Å²) in [5, 5.41) is 0. The minimum Gasteiger partial charge on any atom is -0.456 e. The van der Waals surface area contributed by atoms with Gasteiger partial charge in [0.15, 0.2) is 0 Å². The number of ether oxygens (including phenoxy) is 1. The molecule has 1 aliphatic rings. The van der Waals surface area contributed by atoms with Crippen LogP contribution in [0.5, 0.6) is 0 Å². The predicted molar refractivity (Wildman–Crippen MR) is 121 cm³/mol. The average molecular weight is 428 g/mol. The predicted octanol–water partition coefficient (Wildman–Crippen LogP) is 5.56. The van der Waals surface area contributed by atoms with Gasteiger partial charge in [0.25, 0.3) is 0 Å². The minimum absolute atomic E-state index is 0.136. The standard InChI is InChI=1S/C24H29NO4S/c1-24(2,3)29-23(26)20-15-19(18-11-7-5-8-12-18)16-22(17-20)25(30(4,27)28)21-13-9-6-10-14-21/h6-7,9-11,13-18H,5,8,12H2,1-4H3. The summed E-state index contributed by atoms with van der Waals surface area (Å²) < 4.78 is 32.3. The monoisotopic (exact) mass is 427 g/mol. The quantitative estimate of drug-likeness (QED) is 0.463. The summed E-state index contributed by atoms with van der Waals surface area (Å²) >= 11 is 0. The molecule has 0 radical (unpaired) electrons. The lowest BCUT2D eigenvalue weighted by Crippen LogP contribution is -2.26. The largest absolute Gasteiger partial charge is 0.456 e. The molecular formula is C24H29NO4S. The fraction of sp³-hybridized carbons (Fsp3) is 0.375. The summed E-state index contributed by atoms with van der Waals surface area (Å²) in [5.41, 5.74) is 1.57. The lowest BCUT2D eigenvalue weighted by Gasteiger charge is -2.26. The molecule has 0 spiro atoms. The van der Waals surface area contributed by atoms with Gasteiger partial charge >= 0.3 is 5.97 Å². The maximum atomic E-state index is 12.8. The van der Waals surface area contributed by atoms with Crippen molar-refractivity contribution in [3.8, 4) is 0 Å². The molecule has 0 fully saturated rings. The van der Waals surface area contributed by atoms with Gasteiger partial charge in [-0.2, -0.15) is 0 Å². The van der Waals surface area contributed by atoms with Crippen LogP contribution in [0.15, 0.2) is 60.7 Å². The number of sulfonamides is 1. The van der Waals surface area contributed by atoms with Crippen molar-refractivity contribution in [3.63, 3.8) is 0 Å². The van der Waals surface area contributed by atoms with Crippen molar-refractivity contribution in [2.75, 3.05) is 10.6 Å². The van der Waals surface area contributed by atoms with Crippen LogP contribution in [0.25, 0.3) is 0 Å². The molecule has 0 bridgehead atoms. The van der Waals surface area contributed by atoms with E-state index in [9.17, 15) is 13.2 Å². The lowest BCUT2D eigenvalue weighted by atomic mass is 9.88. The van der Waals surface area contributed by atoms with Gasteiger partial charge in [-0.3, -0.25) is 0 Å². The molecule has 3 rings (SSSR count). The Morgan fingerprint density at radius 2 is 1.77 bits per heavy atom. The number of carbonyl (C=O) groups excluding carboxylic acids is 1. The smallest absolute Gasteiger partial charge is 0.338 e. The topological polar surface area (TPSA) is 63.7 Å². The number of nitrogens with zero attached hydrogens (tertiary/aromatic N) is 1. The van der Waals surface area contributed by atoms with Crippen LogP contribution in [0, 0.1) is 0 Å². The third kappa shape index (κ3) is 5.51. The molecule has 5 nitrogen and oxygen atoms in total. The van der Waals surface area contributed by atoms with E-state index in [4.69, 9.17) is 4.74 Å². The van der Waals surface area contributed by atoms with Crippen LogP contribution in [-0.2, 0) is 14.8 Å².